The Morgan fingerprint density at radius 1 is 1.09 bits per heavy atom. The predicted molar refractivity (Wildman–Crippen MR) is 87.7 cm³/mol. The molecule has 6 heteroatoms. The van der Waals surface area contributed by atoms with Gasteiger partial charge in [-0.2, -0.15) is 5.10 Å². The largest absolute Gasteiger partial charge is 0.363 e. The van der Waals surface area contributed by atoms with E-state index in [1.54, 1.807) is 0 Å². The van der Waals surface area contributed by atoms with Crippen LogP contribution in [-0.4, -0.2) is 34.3 Å². The fourth-order valence-corrected chi connectivity index (χ4v) is 2.30. The lowest BCUT2D eigenvalue weighted by Crippen LogP contribution is -2.14. The molecule has 0 spiro atoms. The van der Waals surface area contributed by atoms with Crippen LogP contribution in [0.5, 0.6) is 0 Å². The van der Waals surface area contributed by atoms with Crippen molar-refractivity contribution < 1.29 is 0 Å². The summed E-state index contributed by atoms with van der Waals surface area (Å²) in [6.07, 6.45) is 3.77. The Bertz CT molecular complexity index is 760. The number of fused-ring (bicyclic) bond motifs is 1. The van der Waals surface area contributed by atoms with Crippen LogP contribution in [-0.2, 0) is 13.1 Å². The number of aryl methyl sites for hydroxylation is 1. The zero-order chi connectivity index (χ0) is 15.5. The van der Waals surface area contributed by atoms with Gasteiger partial charge in [-0.05, 0) is 30.2 Å². The van der Waals surface area contributed by atoms with Crippen molar-refractivity contribution in [1.29, 1.82) is 0 Å². The van der Waals surface area contributed by atoms with Gasteiger partial charge in [-0.25, -0.2) is 9.97 Å². The Morgan fingerprint density at radius 3 is 2.59 bits per heavy atom. The zero-order valence-electron chi connectivity index (χ0n) is 13.1. The van der Waals surface area contributed by atoms with Crippen molar-refractivity contribution in [3.8, 4) is 0 Å². The molecule has 0 aromatic carbocycles. The lowest BCUT2D eigenvalue weighted by Gasteiger charge is -2.11. The second-order valence-electron chi connectivity index (χ2n) is 5.59. The van der Waals surface area contributed by atoms with Crippen molar-refractivity contribution >= 4 is 16.9 Å². The summed E-state index contributed by atoms with van der Waals surface area (Å²) in [5.41, 5.74) is 4.13. The molecule has 114 valence electrons. The molecule has 0 radical (unpaired) electrons. The van der Waals surface area contributed by atoms with Gasteiger partial charge in [-0.1, -0.05) is 6.07 Å². The second kappa shape index (κ2) is 6.11. The maximum Gasteiger partial charge on any atom is 0.181 e. The lowest BCUT2D eigenvalue weighted by molar-refractivity contribution is 0.690. The first kappa shape index (κ1) is 14.5. The smallest absolute Gasteiger partial charge is 0.181 e. The number of rotatable bonds is 5. The highest BCUT2D eigenvalue weighted by atomic mass is 15.1. The summed E-state index contributed by atoms with van der Waals surface area (Å²) in [6.45, 7) is 3.55. The highest BCUT2D eigenvalue weighted by Crippen LogP contribution is 2.14. The molecule has 0 amide bonds. The van der Waals surface area contributed by atoms with Crippen molar-refractivity contribution in [2.75, 3.05) is 19.0 Å². The van der Waals surface area contributed by atoms with Crippen molar-refractivity contribution in [2.24, 2.45) is 0 Å². The third-order valence-electron chi connectivity index (χ3n) is 3.58. The van der Waals surface area contributed by atoms with Crippen LogP contribution in [0, 0.1) is 6.92 Å². The average molecular weight is 296 g/mol. The SMILES string of the molecule is Cc1[nH]nc2ncc(CNCc3ccc(N(C)C)nc3)cc12. The van der Waals surface area contributed by atoms with Gasteiger partial charge in [0.05, 0.1) is 0 Å². The van der Waals surface area contributed by atoms with E-state index >= 15 is 0 Å². The van der Waals surface area contributed by atoms with Crippen LogP contribution in [0.15, 0.2) is 30.6 Å². The molecule has 0 aliphatic rings. The summed E-state index contributed by atoms with van der Waals surface area (Å²) in [4.78, 5) is 10.8. The number of pyridine rings is 2. The molecule has 0 bridgehead atoms. The number of hydrogen-bond acceptors (Lipinski definition) is 5. The monoisotopic (exact) mass is 296 g/mol. The minimum Gasteiger partial charge on any atom is -0.363 e. The molecule has 0 fully saturated rings. The first-order valence-corrected chi connectivity index (χ1v) is 7.26. The van der Waals surface area contributed by atoms with Gasteiger partial charge in [0.25, 0.3) is 0 Å². The molecule has 3 aromatic rings. The van der Waals surface area contributed by atoms with Gasteiger partial charge in [-0.15, -0.1) is 0 Å². The quantitative estimate of drug-likeness (QED) is 0.754. The minimum atomic E-state index is 0.767. The molecule has 3 aromatic heterocycles. The highest BCUT2D eigenvalue weighted by Gasteiger charge is 2.04. The van der Waals surface area contributed by atoms with Gasteiger partial charge < -0.3 is 10.2 Å². The number of hydrogen-bond donors (Lipinski definition) is 2. The maximum absolute atomic E-state index is 4.41. The molecule has 0 atom stereocenters. The van der Waals surface area contributed by atoms with Gasteiger partial charge in [0.2, 0.25) is 0 Å². The van der Waals surface area contributed by atoms with E-state index in [0.29, 0.717) is 0 Å². The first-order chi connectivity index (χ1) is 10.6. The van der Waals surface area contributed by atoms with Crippen LogP contribution < -0.4 is 10.2 Å². The summed E-state index contributed by atoms with van der Waals surface area (Å²) in [6, 6.07) is 6.25. The zero-order valence-corrected chi connectivity index (χ0v) is 13.1. The highest BCUT2D eigenvalue weighted by molar-refractivity contribution is 5.77. The van der Waals surface area contributed by atoms with E-state index < -0.39 is 0 Å². The van der Waals surface area contributed by atoms with Crippen LogP contribution >= 0.6 is 0 Å². The molecular weight excluding hydrogens is 276 g/mol. The van der Waals surface area contributed by atoms with Gasteiger partial charge >= 0.3 is 0 Å². The molecule has 6 nitrogen and oxygen atoms in total. The van der Waals surface area contributed by atoms with Crippen LogP contribution in [0.25, 0.3) is 11.0 Å². The third-order valence-corrected chi connectivity index (χ3v) is 3.58. The van der Waals surface area contributed by atoms with Crippen molar-refractivity contribution in [3.05, 3.63) is 47.4 Å². The number of aromatic nitrogens is 4. The summed E-state index contributed by atoms with van der Waals surface area (Å²) in [5, 5.41) is 11.6. The standard InChI is InChI=1S/C16H20N6/c1-11-14-6-13(10-19-16(14)21-20-11)8-17-7-12-4-5-15(18-9-12)22(2)3/h4-6,9-10,17H,7-8H2,1-3H3,(H,19,20,21). The van der Waals surface area contributed by atoms with Crippen molar-refractivity contribution in [2.45, 2.75) is 20.0 Å². The molecule has 0 aliphatic carbocycles. The Kier molecular flexibility index (Phi) is 4.02. The Hall–Kier alpha value is -2.47. The van der Waals surface area contributed by atoms with E-state index in [0.717, 1.165) is 41.2 Å². The summed E-state index contributed by atoms with van der Waals surface area (Å²) >= 11 is 0. The molecule has 0 unspecified atom stereocenters. The minimum absolute atomic E-state index is 0.767. The summed E-state index contributed by atoms with van der Waals surface area (Å²) < 4.78 is 0. The van der Waals surface area contributed by atoms with Gasteiger partial charge in [0, 0.05) is 50.7 Å². The topological polar surface area (TPSA) is 69.7 Å². The lowest BCUT2D eigenvalue weighted by atomic mass is 10.2. The molecule has 0 saturated carbocycles. The van der Waals surface area contributed by atoms with Crippen LogP contribution in [0.4, 0.5) is 5.82 Å². The molecule has 2 N–H and O–H groups in total. The van der Waals surface area contributed by atoms with E-state index in [2.05, 4.69) is 37.6 Å². The number of aromatic amines is 1. The number of anilines is 1. The molecule has 22 heavy (non-hydrogen) atoms. The number of H-pyrrole nitrogens is 1. The number of nitrogens with zero attached hydrogens (tertiary/aromatic N) is 4. The van der Waals surface area contributed by atoms with Crippen molar-refractivity contribution in [3.63, 3.8) is 0 Å². The summed E-state index contributed by atoms with van der Waals surface area (Å²) in [5.74, 6) is 0.967. The van der Waals surface area contributed by atoms with E-state index in [1.807, 2.05) is 44.4 Å². The molecule has 0 aliphatic heterocycles. The third kappa shape index (κ3) is 3.07. The van der Waals surface area contributed by atoms with E-state index in [1.165, 1.54) is 5.56 Å². The van der Waals surface area contributed by atoms with E-state index in [9.17, 15) is 0 Å². The second-order valence-corrected chi connectivity index (χ2v) is 5.59. The van der Waals surface area contributed by atoms with Crippen LogP contribution in [0.2, 0.25) is 0 Å². The Balaban J connectivity index is 1.60. The Labute approximate surface area is 129 Å². The van der Waals surface area contributed by atoms with Gasteiger partial charge in [0.15, 0.2) is 5.65 Å². The Morgan fingerprint density at radius 2 is 1.86 bits per heavy atom. The molecule has 0 saturated heterocycles. The molecule has 3 heterocycles. The summed E-state index contributed by atoms with van der Waals surface area (Å²) in [7, 11) is 3.97. The average Bonchev–Trinajstić information content (AvgIpc) is 2.89. The van der Waals surface area contributed by atoms with Gasteiger partial charge in [0.1, 0.15) is 5.82 Å². The first-order valence-electron chi connectivity index (χ1n) is 7.26. The van der Waals surface area contributed by atoms with Gasteiger partial charge in [-0.3, -0.25) is 5.10 Å². The fraction of sp³-hybridized carbons (Fsp3) is 0.312. The number of nitrogens with one attached hydrogen (secondary N) is 2. The van der Waals surface area contributed by atoms with Crippen LogP contribution in [0.1, 0.15) is 16.8 Å². The molecule has 3 rings (SSSR count). The van der Waals surface area contributed by atoms with Crippen molar-refractivity contribution in [1.82, 2.24) is 25.5 Å². The maximum atomic E-state index is 4.41. The normalized spacial score (nSPS) is 11.0. The van der Waals surface area contributed by atoms with Crippen LogP contribution in [0.3, 0.4) is 0 Å². The van der Waals surface area contributed by atoms with E-state index in [4.69, 9.17) is 0 Å². The molecular formula is C16H20N6. The predicted octanol–water partition coefficient (Wildman–Crippen LogP) is 2.02. The fourth-order valence-electron chi connectivity index (χ4n) is 2.30. The van der Waals surface area contributed by atoms with E-state index in [-0.39, 0.29) is 0 Å².